The van der Waals surface area contributed by atoms with Crippen molar-refractivity contribution < 1.29 is 4.52 Å². The quantitative estimate of drug-likeness (QED) is 0.210. The fourth-order valence-corrected chi connectivity index (χ4v) is 6.29. The highest BCUT2D eigenvalue weighted by atomic mass is 32.1. The molecule has 41 heavy (non-hydrogen) atoms. The lowest BCUT2D eigenvalue weighted by molar-refractivity contribution is 0.388. The number of aromatic nitrogens is 4. The monoisotopic (exact) mass is 562 g/mol. The first-order valence-electron chi connectivity index (χ1n) is 13.8. The summed E-state index contributed by atoms with van der Waals surface area (Å²) in [4.78, 5) is 34.2. The van der Waals surface area contributed by atoms with Gasteiger partial charge in [-0.3, -0.25) is 18.9 Å². The molecule has 1 N–H and O–H groups in total. The van der Waals surface area contributed by atoms with Crippen LogP contribution in [0.1, 0.15) is 47.3 Å². The zero-order valence-corrected chi connectivity index (χ0v) is 23.8. The number of H-pyrrole nitrogens is 1. The molecule has 6 aromatic rings. The molecule has 3 aromatic heterocycles. The fourth-order valence-electron chi connectivity index (χ4n) is 5.24. The van der Waals surface area contributed by atoms with E-state index in [1.54, 1.807) is 11.3 Å². The van der Waals surface area contributed by atoms with E-state index in [0.29, 0.717) is 18.8 Å². The average Bonchev–Trinajstić information content (AvgIpc) is 3.62. The summed E-state index contributed by atoms with van der Waals surface area (Å²) in [6.45, 7) is 4.60. The van der Waals surface area contributed by atoms with Crippen LogP contribution >= 0.6 is 11.3 Å². The molecule has 0 fully saturated rings. The Labute approximate surface area is 241 Å². The standard InChI is InChI=1S/C33H30N4O3S/c1-3-4-12-29-28(32(38)37(21(2)34-29)20-25-19-24-9-5-8-13-30(24)41-25)18-22-14-16-23(17-15-22)26-10-6-7-11-27(26)31-35-33(39)40-36-31/h5-11,13-17,19H,3-4,12,18,20H2,1-2H3,(H,35,36,39). The Bertz CT molecular complexity index is 1910. The number of fused-ring (bicyclic) bond motifs is 1. The minimum absolute atomic E-state index is 0.0328. The van der Waals surface area contributed by atoms with Crippen LogP contribution in [-0.4, -0.2) is 19.7 Å². The molecule has 8 heteroatoms. The molecule has 0 spiro atoms. The molecule has 0 atom stereocenters. The Morgan fingerprint density at radius 1 is 0.951 bits per heavy atom. The number of nitrogens with zero attached hydrogens (tertiary/aromatic N) is 3. The number of thiophene rings is 1. The predicted molar refractivity (Wildman–Crippen MR) is 164 cm³/mol. The van der Waals surface area contributed by atoms with Crippen molar-refractivity contribution in [2.75, 3.05) is 0 Å². The van der Waals surface area contributed by atoms with Crippen molar-refractivity contribution in [1.29, 1.82) is 0 Å². The molecule has 3 aromatic carbocycles. The molecule has 0 unspecified atom stereocenters. The van der Waals surface area contributed by atoms with Gasteiger partial charge in [-0.1, -0.05) is 85.2 Å². The van der Waals surface area contributed by atoms with Crippen LogP contribution in [0, 0.1) is 6.92 Å². The number of rotatable bonds is 9. The van der Waals surface area contributed by atoms with Crippen molar-refractivity contribution >= 4 is 21.4 Å². The summed E-state index contributed by atoms with van der Waals surface area (Å²) in [7, 11) is 0. The molecule has 0 radical (unpaired) electrons. The number of nitrogens with one attached hydrogen (secondary N) is 1. The lowest BCUT2D eigenvalue weighted by atomic mass is 9.96. The molecule has 206 valence electrons. The zero-order valence-electron chi connectivity index (χ0n) is 23.0. The highest BCUT2D eigenvalue weighted by Gasteiger charge is 2.17. The first-order chi connectivity index (χ1) is 20.0. The van der Waals surface area contributed by atoms with E-state index in [1.807, 2.05) is 60.0 Å². The summed E-state index contributed by atoms with van der Waals surface area (Å²) in [6, 6.07) is 26.4. The van der Waals surface area contributed by atoms with Gasteiger partial charge in [0.25, 0.3) is 5.56 Å². The Kier molecular flexibility index (Phi) is 7.48. The van der Waals surface area contributed by atoms with Crippen LogP contribution in [0.15, 0.2) is 93.0 Å². The zero-order chi connectivity index (χ0) is 28.3. The first-order valence-corrected chi connectivity index (χ1v) is 14.6. The van der Waals surface area contributed by atoms with Crippen LogP contribution in [-0.2, 0) is 19.4 Å². The molecule has 0 aliphatic carbocycles. The molecule has 0 saturated carbocycles. The van der Waals surface area contributed by atoms with Crippen molar-refractivity contribution in [2.24, 2.45) is 0 Å². The molecule has 0 bridgehead atoms. The van der Waals surface area contributed by atoms with E-state index in [9.17, 15) is 9.59 Å². The number of hydrogen-bond acceptors (Lipinski definition) is 6. The molecule has 0 saturated heterocycles. The predicted octanol–water partition coefficient (Wildman–Crippen LogP) is 6.76. The van der Waals surface area contributed by atoms with Gasteiger partial charge in [0.05, 0.1) is 12.2 Å². The number of aromatic amines is 1. The minimum Gasteiger partial charge on any atom is -0.296 e. The normalized spacial score (nSPS) is 11.4. The molecule has 6 rings (SSSR count). The SMILES string of the molecule is CCCCc1nc(C)n(Cc2cc3ccccc3s2)c(=O)c1Cc1ccc(-c2ccccc2-c2noc(=O)[nH]2)cc1. The number of aryl methyl sites for hydroxylation is 2. The van der Waals surface area contributed by atoms with Gasteiger partial charge in [0, 0.05) is 27.1 Å². The molecular weight excluding hydrogens is 532 g/mol. The van der Waals surface area contributed by atoms with Gasteiger partial charge in [-0.2, -0.15) is 0 Å². The van der Waals surface area contributed by atoms with Crippen LogP contribution in [0.3, 0.4) is 0 Å². The average molecular weight is 563 g/mol. The minimum atomic E-state index is -0.589. The molecule has 0 aliphatic heterocycles. The van der Waals surface area contributed by atoms with Crippen LogP contribution in [0.4, 0.5) is 0 Å². The molecular formula is C33H30N4O3S. The third-order valence-corrected chi connectivity index (χ3v) is 8.47. The maximum absolute atomic E-state index is 14.0. The van der Waals surface area contributed by atoms with Crippen LogP contribution in [0.25, 0.3) is 32.6 Å². The van der Waals surface area contributed by atoms with Gasteiger partial charge in [-0.05, 0) is 54.0 Å². The third-order valence-electron chi connectivity index (χ3n) is 7.37. The van der Waals surface area contributed by atoms with Crippen molar-refractivity contribution in [2.45, 2.75) is 46.1 Å². The van der Waals surface area contributed by atoms with Gasteiger partial charge < -0.3 is 0 Å². The van der Waals surface area contributed by atoms with Gasteiger partial charge >= 0.3 is 5.76 Å². The van der Waals surface area contributed by atoms with E-state index < -0.39 is 5.76 Å². The summed E-state index contributed by atoms with van der Waals surface area (Å²) >= 11 is 1.72. The highest BCUT2D eigenvalue weighted by molar-refractivity contribution is 7.19. The van der Waals surface area contributed by atoms with Crippen molar-refractivity contribution in [3.63, 3.8) is 0 Å². The summed E-state index contributed by atoms with van der Waals surface area (Å²) in [5, 5.41) is 5.06. The van der Waals surface area contributed by atoms with Crippen LogP contribution in [0.5, 0.6) is 0 Å². The van der Waals surface area contributed by atoms with E-state index in [-0.39, 0.29) is 5.56 Å². The van der Waals surface area contributed by atoms with Gasteiger partial charge in [-0.15, -0.1) is 11.3 Å². The van der Waals surface area contributed by atoms with Crippen molar-refractivity contribution in [3.8, 4) is 22.5 Å². The smallest absolute Gasteiger partial charge is 0.296 e. The van der Waals surface area contributed by atoms with Gasteiger partial charge in [-0.25, -0.2) is 9.78 Å². The number of unbranched alkanes of at least 4 members (excludes halogenated alkanes) is 1. The van der Waals surface area contributed by atoms with E-state index in [4.69, 9.17) is 9.51 Å². The Balaban J connectivity index is 1.33. The topological polar surface area (TPSA) is 93.8 Å². The first kappa shape index (κ1) is 26.7. The Morgan fingerprint density at radius 2 is 1.71 bits per heavy atom. The number of hydrogen-bond donors (Lipinski definition) is 1. The Morgan fingerprint density at radius 3 is 2.44 bits per heavy atom. The fraction of sp³-hybridized carbons (Fsp3) is 0.212. The van der Waals surface area contributed by atoms with E-state index >= 15 is 0 Å². The Hall–Kier alpha value is -4.56. The van der Waals surface area contributed by atoms with E-state index in [2.05, 4.69) is 47.4 Å². The van der Waals surface area contributed by atoms with Crippen LogP contribution < -0.4 is 11.3 Å². The summed E-state index contributed by atoms with van der Waals surface area (Å²) in [6.07, 6.45) is 3.32. The third kappa shape index (κ3) is 5.56. The second-order valence-corrected chi connectivity index (χ2v) is 11.4. The van der Waals surface area contributed by atoms with Gasteiger partial charge in [0.15, 0.2) is 5.82 Å². The van der Waals surface area contributed by atoms with Gasteiger partial charge in [0.1, 0.15) is 5.82 Å². The molecule has 3 heterocycles. The second-order valence-electron chi connectivity index (χ2n) is 10.2. The largest absolute Gasteiger partial charge is 0.439 e. The van der Waals surface area contributed by atoms with Crippen molar-refractivity contribution in [3.05, 3.63) is 127 Å². The summed E-state index contributed by atoms with van der Waals surface area (Å²) in [5.41, 5.74) is 5.41. The summed E-state index contributed by atoms with van der Waals surface area (Å²) in [5.74, 6) is 0.550. The van der Waals surface area contributed by atoms with Crippen LogP contribution in [0.2, 0.25) is 0 Å². The number of benzene rings is 3. The second kappa shape index (κ2) is 11.5. The van der Waals surface area contributed by atoms with E-state index in [0.717, 1.165) is 63.5 Å². The van der Waals surface area contributed by atoms with E-state index in [1.165, 1.54) is 10.1 Å². The lowest BCUT2D eigenvalue weighted by Crippen LogP contribution is -2.29. The molecule has 7 nitrogen and oxygen atoms in total. The lowest BCUT2D eigenvalue weighted by Gasteiger charge is -2.15. The maximum Gasteiger partial charge on any atom is 0.439 e. The molecule has 0 amide bonds. The summed E-state index contributed by atoms with van der Waals surface area (Å²) < 4.78 is 7.76. The highest BCUT2D eigenvalue weighted by Crippen LogP contribution is 2.30. The molecule has 0 aliphatic rings. The van der Waals surface area contributed by atoms with Gasteiger partial charge in [0.2, 0.25) is 0 Å². The maximum atomic E-state index is 14.0. The van der Waals surface area contributed by atoms with Crippen molar-refractivity contribution in [1.82, 2.24) is 19.7 Å².